The number of H-pyrrole nitrogens is 1. The van der Waals surface area contributed by atoms with E-state index in [0.717, 1.165) is 51.7 Å². The van der Waals surface area contributed by atoms with Crippen molar-refractivity contribution in [1.29, 1.82) is 0 Å². The summed E-state index contributed by atoms with van der Waals surface area (Å²) in [5.74, 6) is -1.71. The zero-order valence-electron chi connectivity index (χ0n) is 27.1. The van der Waals surface area contributed by atoms with Crippen LogP contribution in [0.4, 0.5) is 0 Å². The molecule has 4 N–H and O–H groups in total. The lowest BCUT2D eigenvalue weighted by molar-refractivity contribution is -0.141. The number of carboxylic acid groups (broad SMARTS) is 1. The maximum Gasteiger partial charge on any atom is 0.304 e. The number of benzene rings is 4. The zero-order chi connectivity index (χ0) is 33.6. The van der Waals surface area contributed by atoms with E-state index in [9.17, 15) is 19.5 Å². The van der Waals surface area contributed by atoms with Crippen LogP contribution in [0.3, 0.4) is 0 Å². The van der Waals surface area contributed by atoms with Crippen LogP contribution < -0.4 is 15.4 Å². The van der Waals surface area contributed by atoms with Crippen molar-refractivity contribution >= 4 is 28.7 Å². The van der Waals surface area contributed by atoms with Gasteiger partial charge in [-0.2, -0.15) is 0 Å². The summed E-state index contributed by atoms with van der Waals surface area (Å²) < 4.78 is 5.88. The average Bonchev–Trinajstić information content (AvgIpc) is 3.52. The van der Waals surface area contributed by atoms with Crippen molar-refractivity contribution in [1.82, 2.24) is 15.6 Å². The summed E-state index contributed by atoms with van der Waals surface area (Å²) in [6.45, 7) is 0.924. The second kappa shape index (κ2) is 17.5. The molecule has 2 atom stereocenters. The summed E-state index contributed by atoms with van der Waals surface area (Å²) in [5.41, 5.74) is 5.20. The Morgan fingerprint density at radius 2 is 1.40 bits per heavy atom. The van der Waals surface area contributed by atoms with Crippen molar-refractivity contribution in [2.45, 2.75) is 57.6 Å². The number of carbonyl (C=O) groups excluding carboxylic acids is 2. The Morgan fingerprint density at radius 3 is 2.12 bits per heavy atom. The fourth-order valence-corrected chi connectivity index (χ4v) is 5.87. The van der Waals surface area contributed by atoms with Crippen LogP contribution in [0, 0.1) is 5.92 Å². The molecule has 0 aliphatic heterocycles. The second-order valence-electron chi connectivity index (χ2n) is 12.1. The van der Waals surface area contributed by atoms with E-state index in [1.54, 1.807) is 0 Å². The molecule has 0 spiro atoms. The highest BCUT2D eigenvalue weighted by atomic mass is 16.5. The van der Waals surface area contributed by atoms with Crippen molar-refractivity contribution in [3.05, 3.63) is 138 Å². The highest BCUT2D eigenvalue weighted by Crippen LogP contribution is 2.21. The molecule has 5 aromatic rings. The minimum atomic E-state index is -1.04. The van der Waals surface area contributed by atoms with Crippen molar-refractivity contribution in [3.63, 3.8) is 0 Å². The number of aromatic amines is 1. The van der Waals surface area contributed by atoms with Gasteiger partial charge in [-0.15, -0.1) is 0 Å². The highest BCUT2D eigenvalue weighted by Gasteiger charge is 2.28. The summed E-state index contributed by atoms with van der Waals surface area (Å²) in [6.07, 6.45) is 5.18. The number of aryl methyl sites for hydroxylation is 1. The average molecular weight is 646 g/mol. The molecule has 0 aliphatic rings. The molecule has 0 aliphatic carbocycles. The Balaban J connectivity index is 1.16. The molecular weight excluding hydrogens is 602 g/mol. The van der Waals surface area contributed by atoms with Crippen molar-refractivity contribution in [2.75, 3.05) is 6.54 Å². The standard InChI is InChI=1S/C40H43N3O5/c44-38(45)26-32(16-8-7-13-30-19-21-34(22-20-30)48-28-31-14-5-2-6-15-31)39(46)43-37(25-33-27-42-36-18-10-9-17-35(33)36)40(47)41-24-23-29-11-3-1-4-12-29/h1-6,9-12,14-15,17-22,27,32,37,42H,7-8,13,16,23-26,28H2,(H,41,47)(H,43,46)(H,44,45)/t32-,37+/m1/s1. The number of aliphatic carboxylic acids is 1. The molecule has 4 aromatic carbocycles. The predicted molar refractivity (Wildman–Crippen MR) is 188 cm³/mol. The Labute approximate surface area is 281 Å². The lowest BCUT2D eigenvalue weighted by Gasteiger charge is -2.22. The summed E-state index contributed by atoms with van der Waals surface area (Å²) in [7, 11) is 0. The molecule has 2 amide bonds. The van der Waals surface area contributed by atoms with Crippen LogP contribution in [0.15, 0.2) is 115 Å². The van der Waals surface area contributed by atoms with Gasteiger partial charge in [-0.1, -0.05) is 97.4 Å². The zero-order valence-corrected chi connectivity index (χ0v) is 27.1. The fraction of sp³-hybridized carbons (Fsp3) is 0.275. The van der Waals surface area contributed by atoms with Crippen LogP contribution in [-0.2, 0) is 40.3 Å². The largest absolute Gasteiger partial charge is 0.489 e. The van der Waals surface area contributed by atoms with Crippen LogP contribution in [-0.4, -0.2) is 40.5 Å². The molecule has 0 saturated heterocycles. The molecule has 8 nitrogen and oxygen atoms in total. The molecular formula is C40H43N3O5. The number of unbranched alkanes of at least 4 members (excludes halogenated alkanes) is 1. The molecule has 248 valence electrons. The van der Waals surface area contributed by atoms with Gasteiger partial charge in [0.05, 0.1) is 6.42 Å². The first kappa shape index (κ1) is 34.0. The van der Waals surface area contributed by atoms with E-state index in [-0.39, 0.29) is 18.7 Å². The number of fused-ring (bicyclic) bond motifs is 1. The first-order valence-electron chi connectivity index (χ1n) is 16.6. The van der Waals surface area contributed by atoms with Gasteiger partial charge in [0, 0.05) is 36.0 Å². The van der Waals surface area contributed by atoms with E-state index in [4.69, 9.17) is 4.74 Å². The summed E-state index contributed by atoms with van der Waals surface area (Å²) in [6, 6.07) is 34.8. The highest BCUT2D eigenvalue weighted by molar-refractivity contribution is 5.91. The van der Waals surface area contributed by atoms with E-state index in [0.29, 0.717) is 32.4 Å². The summed E-state index contributed by atoms with van der Waals surface area (Å²) in [4.78, 5) is 42.0. The topological polar surface area (TPSA) is 121 Å². The van der Waals surface area contributed by atoms with Gasteiger partial charge < -0.3 is 25.5 Å². The number of para-hydroxylation sites is 1. The first-order valence-corrected chi connectivity index (χ1v) is 16.6. The van der Waals surface area contributed by atoms with Gasteiger partial charge in [-0.25, -0.2) is 0 Å². The number of carboxylic acids is 1. The number of rotatable bonds is 18. The second-order valence-corrected chi connectivity index (χ2v) is 12.1. The Kier molecular flexibility index (Phi) is 12.4. The SMILES string of the molecule is O=C(O)C[C@@H](CCCCc1ccc(OCc2ccccc2)cc1)C(=O)N[C@@H](Cc1c[nH]c2ccccc12)C(=O)NCCc1ccccc1. The van der Waals surface area contributed by atoms with Crippen LogP contribution in [0.2, 0.25) is 0 Å². The quantitative estimate of drug-likeness (QED) is 0.0797. The van der Waals surface area contributed by atoms with Gasteiger partial charge >= 0.3 is 5.97 Å². The maximum absolute atomic E-state index is 13.6. The van der Waals surface area contributed by atoms with E-state index in [2.05, 4.69) is 15.6 Å². The number of amides is 2. The van der Waals surface area contributed by atoms with E-state index >= 15 is 0 Å². The van der Waals surface area contributed by atoms with Crippen LogP contribution >= 0.6 is 0 Å². The van der Waals surface area contributed by atoms with Gasteiger partial charge in [-0.05, 0) is 66.1 Å². The number of nitrogens with one attached hydrogen (secondary N) is 3. The smallest absolute Gasteiger partial charge is 0.304 e. The molecule has 0 bridgehead atoms. The predicted octanol–water partition coefficient (Wildman–Crippen LogP) is 6.64. The number of ether oxygens (including phenoxy) is 1. The lowest BCUT2D eigenvalue weighted by Crippen LogP contribution is -2.50. The van der Waals surface area contributed by atoms with Crippen molar-refractivity contribution in [3.8, 4) is 5.75 Å². The Bertz CT molecular complexity index is 1750. The van der Waals surface area contributed by atoms with Crippen LogP contribution in [0.1, 0.15) is 47.9 Å². The van der Waals surface area contributed by atoms with Crippen molar-refractivity contribution < 1.29 is 24.2 Å². The first-order chi connectivity index (χ1) is 23.4. The minimum Gasteiger partial charge on any atom is -0.489 e. The molecule has 8 heteroatoms. The number of carbonyl (C=O) groups is 3. The van der Waals surface area contributed by atoms with Crippen molar-refractivity contribution in [2.24, 2.45) is 5.92 Å². The molecule has 0 saturated carbocycles. The lowest BCUT2D eigenvalue weighted by atomic mass is 9.95. The molecule has 0 radical (unpaired) electrons. The third-order valence-electron chi connectivity index (χ3n) is 8.52. The summed E-state index contributed by atoms with van der Waals surface area (Å²) >= 11 is 0. The van der Waals surface area contributed by atoms with E-state index < -0.39 is 23.8 Å². The van der Waals surface area contributed by atoms with Gasteiger partial charge in [0.15, 0.2) is 0 Å². The number of hydrogen-bond donors (Lipinski definition) is 4. The normalized spacial score (nSPS) is 12.2. The third-order valence-corrected chi connectivity index (χ3v) is 8.52. The van der Waals surface area contributed by atoms with E-state index in [1.807, 2.05) is 115 Å². The number of hydrogen-bond acceptors (Lipinski definition) is 4. The molecule has 1 heterocycles. The number of aromatic nitrogens is 1. The monoisotopic (exact) mass is 645 g/mol. The van der Waals surface area contributed by atoms with Gasteiger partial charge in [0.25, 0.3) is 0 Å². The van der Waals surface area contributed by atoms with Crippen LogP contribution in [0.5, 0.6) is 5.75 Å². The van der Waals surface area contributed by atoms with Gasteiger partial charge in [-0.3, -0.25) is 14.4 Å². The molecule has 0 fully saturated rings. The van der Waals surface area contributed by atoms with Gasteiger partial charge in [0.1, 0.15) is 18.4 Å². The molecule has 48 heavy (non-hydrogen) atoms. The fourth-order valence-electron chi connectivity index (χ4n) is 5.87. The molecule has 1 aromatic heterocycles. The molecule has 5 rings (SSSR count). The Morgan fingerprint density at radius 1 is 0.729 bits per heavy atom. The van der Waals surface area contributed by atoms with Gasteiger partial charge in [0.2, 0.25) is 11.8 Å². The summed E-state index contributed by atoms with van der Waals surface area (Å²) in [5, 5.41) is 16.5. The van der Waals surface area contributed by atoms with Crippen LogP contribution in [0.25, 0.3) is 10.9 Å². The van der Waals surface area contributed by atoms with E-state index in [1.165, 1.54) is 0 Å². The Hall–Kier alpha value is -5.37. The molecule has 0 unspecified atom stereocenters. The third kappa shape index (κ3) is 10.3. The maximum atomic E-state index is 13.6. The minimum absolute atomic E-state index is 0.276.